The van der Waals surface area contributed by atoms with Crippen molar-refractivity contribution in [3.8, 4) is 0 Å². The third kappa shape index (κ3) is 4.30. The Balaban J connectivity index is 1.78. The van der Waals surface area contributed by atoms with Crippen molar-refractivity contribution in [2.24, 2.45) is 5.73 Å². The first kappa shape index (κ1) is 21.3. The molecule has 1 fully saturated rings. The highest BCUT2D eigenvalue weighted by Gasteiger charge is 2.37. The van der Waals surface area contributed by atoms with Gasteiger partial charge in [0, 0.05) is 31.2 Å². The van der Waals surface area contributed by atoms with Gasteiger partial charge in [0.05, 0.1) is 7.11 Å². The van der Waals surface area contributed by atoms with E-state index in [9.17, 15) is 18.0 Å². The zero-order valence-electron chi connectivity index (χ0n) is 15.6. The summed E-state index contributed by atoms with van der Waals surface area (Å²) in [4.78, 5) is 25.4. The monoisotopic (exact) mass is 441 g/mol. The van der Waals surface area contributed by atoms with Gasteiger partial charge in [-0.25, -0.2) is 13.2 Å². The molecule has 2 heterocycles. The van der Waals surface area contributed by atoms with Crippen LogP contribution in [0.15, 0.2) is 45.9 Å². The summed E-state index contributed by atoms with van der Waals surface area (Å²) in [6, 6.07) is 8.61. The Bertz CT molecular complexity index is 1010. The van der Waals surface area contributed by atoms with Crippen LogP contribution < -0.4 is 5.73 Å². The van der Waals surface area contributed by atoms with Gasteiger partial charge in [0.1, 0.15) is 6.04 Å². The molecule has 1 amide bonds. The number of nitrogens with zero attached hydrogens (tertiary/aromatic N) is 2. The van der Waals surface area contributed by atoms with Crippen LogP contribution in [0.5, 0.6) is 0 Å². The number of ether oxygens (including phenoxy) is 1. The van der Waals surface area contributed by atoms with Gasteiger partial charge in [0.2, 0.25) is 5.09 Å². The number of carbonyl (C=O) groups is 2. The summed E-state index contributed by atoms with van der Waals surface area (Å²) in [5.74, 6) is -1.56. The lowest BCUT2D eigenvalue weighted by atomic mass is 10.0. The molecular weight excluding hydrogens is 422 g/mol. The van der Waals surface area contributed by atoms with Crippen molar-refractivity contribution in [2.75, 3.05) is 33.3 Å². The van der Waals surface area contributed by atoms with Crippen molar-refractivity contribution in [3.05, 3.63) is 52.7 Å². The molecule has 2 aromatic rings. The molecule has 3 rings (SSSR count). The lowest BCUT2D eigenvalue weighted by molar-refractivity contribution is -0.147. The van der Waals surface area contributed by atoms with Crippen molar-refractivity contribution in [1.29, 1.82) is 0 Å². The number of nitrogens with two attached hydrogens (primary N) is 1. The van der Waals surface area contributed by atoms with E-state index in [1.165, 1.54) is 23.5 Å². The van der Waals surface area contributed by atoms with E-state index < -0.39 is 27.9 Å². The zero-order valence-corrected chi connectivity index (χ0v) is 17.1. The molecule has 0 aliphatic carbocycles. The fourth-order valence-corrected chi connectivity index (χ4v) is 4.77. The van der Waals surface area contributed by atoms with Gasteiger partial charge in [0.25, 0.3) is 15.9 Å². The van der Waals surface area contributed by atoms with Gasteiger partial charge in [-0.3, -0.25) is 9.69 Å². The molecule has 0 spiro atoms. The molecule has 0 bridgehead atoms. The van der Waals surface area contributed by atoms with E-state index in [4.69, 9.17) is 26.5 Å². The number of esters is 1. The Hall–Kier alpha value is -2.40. The molecule has 0 saturated carbocycles. The number of halogens is 1. The van der Waals surface area contributed by atoms with Crippen LogP contribution in [0.4, 0.5) is 0 Å². The van der Waals surface area contributed by atoms with Crippen LogP contribution in [0, 0.1) is 0 Å². The van der Waals surface area contributed by atoms with Crippen LogP contribution in [0.3, 0.4) is 0 Å². The predicted molar refractivity (Wildman–Crippen MR) is 104 cm³/mol. The molecule has 1 aliphatic rings. The second kappa shape index (κ2) is 8.54. The standard InChI is InChI=1S/C18H20ClN3O6S/c1-27-18(24)16(12-4-2-3-5-13(12)19)21-8-10-22(11-9-21)29(25,26)15-7-6-14(28-15)17(20)23/h2-7,16H,8-11H2,1H3,(H2,20,23). The van der Waals surface area contributed by atoms with Gasteiger partial charge < -0.3 is 14.9 Å². The Morgan fingerprint density at radius 2 is 1.79 bits per heavy atom. The molecule has 1 aliphatic heterocycles. The van der Waals surface area contributed by atoms with Gasteiger partial charge in [-0.1, -0.05) is 29.8 Å². The highest BCUT2D eigenvalue weighted by atomic mass is 35.5. The summed E-state index contributed by atoms with van der Waals surface area (Å²) in [6.07, 6.45) is 0. The topological polar surface area (TPSA) is 123 Å². The fraction of sp³-hybridized carbons (Fsp3) is 0.333. The van der Waals surface area contributed by atoms with Crippen LogP contribution in [-0.2, 0) is 19.6 Å². The quantitative estimate of drug-likeness (QED) is 0.669. The predicted octanol–water partition coefficient (Wildman–Crippen LogP) is 1.25. The maximum absolute atomic E-state index is 12.8. The Labute approximate surface area is 173 Å². The molecule has 9 nitrogen and oxygen atoms in total. The lowest BCUT2D eigenvalue weighted by Crippen LogP contribution is -2.51. The molecule has 0 radical (unpaired) electrons. The molecule has 1 aromatic heterocycles. The van der Waals surface area contributed by atoms with Crippen molar-refractivity contribution in [2.45, 2.75) is 11.1 Å². The molecular formula is C18H20ClN3O6S. The van der Waals surface area contributed by atoms with Gasteiger partial charge >= 0.3 is 5.97 Å². The van der Waals surface area contributed by atoms with Gasteiger partial charge in [-0.05, 0) is 23.8 Å². The summed E-state index contributed by atoms with van der Waals surface area (Å²) in [6.45, 7) is 0.779. The first-order valence-electron chi connectivity index (χ1n) is 8.72. The number of carbonyl (C=O) groups excluding carboxylic acids is 2. The maximum atomic E-state index is 12.8. The fourth-order valence-electron chi connectivity index (χ4n) is 3.20. The Kier molecular flexibility index (Phi) is 6.27. The molecule has 11 heteroatoms. The average Bonchev–Trinajstić information content (AvgIpc) is 3.21. The third-order valence-corrected chi connectivity index (χ3v) is 6.80. The number of amides is 1. The molecule has 29 heavy (non-hydrogen) atoms. The molecule has 2 N–H and O–H groups in total. The maximum Gasteiger partial charge on any atom is 0.327 e. The summed E-state index contributed by atoms with van der Waals surface area (Å²) < 4.78 is 36.8. The first-order chi connectivity index (χ1) is 13.8. The minimum atomic E-state index is -3.93. The summed E-state index contributed by atoms with van der Waals surface area (Å²) in [5, 5.41) is 0.0721. The minimum absolute atomic E-state index is 0.118. The number of piperazine rings is 1. The third-order valence-electron chi connectivity index (χ3n) is 4.68. The highest BCUT2D eigenvalue weighted by molar-refractivity contribution is 7.89. The minimum Gasteiger partial charge on any atom is -0.468 e. The largest absolute Gasteiger partial charge is 0.468 e. The normalized spacial score (nSPS) is 17.0. The molecule has 156 valence electrons. The summed E-state index contributed by atoms with van der Waals surface area (Å²) in [5.41, 5.74) is 5.70. The van der Waals surface area contributed by atoms with E-state index in [1.807, 2.05) is 4.90 Å². The molecule has 1 aromatic carbocycles. The van der Waals surface area contributed by atoms with Crippen LogP contribution in [0.2, 0.25) is 5.02 Å². The average molecular weight is 442 g/mol. The number of primary amides is 1. The van der Waals surface area contributed by atoms with Crippen LogP contribution in [-0.4, -0.2) is 62.8 Å². The molecule has 1 saturated heterocycles. The van der Waals surface area contributed by atoms with Crippen molar-refractivity contribution < 1.29 is 27.2 Å². The summed E-state index contributed by atoms with van der Waals surface area (Å²) in [7, 11) is -2.64. The van der Waals surface area contributed by atoms with Crippen LogP contribution in [0.25, 0.3) is 0 Å². The number of benzene rings is 1. The SMILES string of the molecule is COC(=O)C(c1ccccc1Cl)N1CCN(S(=O)(=O)c2ccc(C(N)=O)o2)CC1. The first-order valence-corrected chi connectivity index (χ1v) is 10.5. The molecule has 1 atom stereocenters. The Morgan fingerprint density at radius 3 is 2.34 bits per heavy atom. The summed E-state index contributed by atoms with van der Waals surface area (Å²) >= 11 is 6.26. The number of sulfonamides is 1. The number of hydrogen-bond donors (Lipinski definition) is 1. The van der Waals surface area contributed by atoms with E-state index in [0.717, 1.165) is 0 Å². The highest BCUT2D eigenvalue weighted by Crippen LogP contribution is 2.30. The smallest absolute Gasteiger partial charge is 0.327 e. The van der Waals surface area contributed by atoms with E-state index in [0.29, 0.717) is 10.6 Å². The second-order valence-corrected chi connectivity index (χ2v) is 8.65. The van der Waals surface area contributed by atoms with E-state index >= 15 is 0 Å². The van der Waals surface area contributed by atoms with Crippen molar-refractivity contribution >= 4 is 33.5 Å². The molecule has 1 unspecified atom stereocenters. The number of furan rings is 1. The number of methoxy groups -OCH3 is 1. The lowest BCUT2D eigenvalue weighted by Gasteiger charge is -2.37. The van der Waals surface area contributed by atoms with Crippen LogP contribution >= 0.6 is 11.6 Å². The Morgan fingerprint density at radius 1 is 1.14 bits per heavy atom. The van der Waals surface area contributed by atoms with Crippen LogP contribution in [0.1, 0.15) is 22.2 Å². The van der Waals surface area contributed by atoms with Gasteiger partial charge in [-0.2, -0.15) is 4.31 Å². The number of hydrogen-bond acceptors (Lipinski definition) is 7. The van der Waals surface area contributed by atoms with E-state index in [-0.39, 0.29) is 37.0 Å². The zero-order chi connectivity index (χ0) is 21.2. The van der Waals surface area contributed by atoms with Gasteiger partial charge in [0.15, 0.2) is 5.76 Å². The van der Waals surface area contributed by atoms with Gasteiger partial charge in [-0.15, -0.1) is 0 Å². The van der Waals surface area contributed by atoms with Crippen molar-refractivity contribution in [3.63, 3.8) is 0 Å². The van der Waals surface area contributed by atoms with Crippen molar-refractivity contribution in [1.82, 2.24) is 9.21 Å². The van der Waals surface area contributed by atoms with E-state index in [2.05, 4.69) is 0 Å². The number of rotatable bonds is 6. The second-order valence-electron chi connectivity index (χ2n) is 6.37. The van der Waals surface area contributed by atoms with E-state index in [1.54, 1.807) is 24.3 Å².